The first-order valence-electron chi connectivity index (χ1n) is 5.28. The molecule has 0 amide bonds. The minimum absolute atomic E-state index is 0.0708. The zero-order valence-corrected chi connectivity index (χ0v) is 9.51. The number of fused-ring (bicyclic) bond motifs is 1. The molecule has 0 fully saturated rings. The lowest BCUT2D eigenvalue weighted by Gasteiger charge is -2.33. The molecule has 0 saturated heterocycles. The fourth-order valence-electron chi connectivity index (χ4n) is 1.99. The second kappa shape index (κ2) is 3.75. The highest BCUT2D eigenvalue weighted by atomic mass is 19.4. The second-order valence-corrected chi connectivity index (χ2v) is 4.32. The van der Waals surface area contributed by atoms with E-state index in [-0.39, 0.29) is 11.8 Å². The van der Waals surface area contributed by atoms with Crippen molar-refractivity contribution in [3.05, 3.63) is 29.3 Å². The average Bonchev–Trinajstić information content (AvgIpc) is 2.24. The number of benzene rings is 1. The molecule has 1 aliphatic heterocycles. The topological polar surface area (TPSA) is 20.3 Å². The number of carbonyl (C=O) groups is 1. The Morgan fingerprint density at radius 2 is 2.00 bits per heavy atom. The Morgan fingerprint density at radius 3 is 2.59 bits per heavy atom. The van der Waals surface area contributed by atoms with Gasteiger partial charge in [-0.15, -0.1) is 0 Å². The van der Waals surface area contributed by atoms with Gasteiger partial charge in [0, 0.05) is 30.8 Å². The van der Waals surface area contributed by atoms with Crippen LogP contribution in [0.1, 0.15) is 29.3 Å². The van der Waals surface area contributed by atoms with Gasteiger partial charge in [0.2, 0.25) is 0 Å². The Labute approximate surface area is 97.0 Å². The van der Waals surface area contributed by atoms with Crippen molar-refractivity contribution in [2.45, 2.75) is 25.6 Å². The standard InChI is InChI=1S/C12H12F3NO/c1-7-5-11(17)9-4-3-8(12(13,14)15)6-10(9)16(7)2/h3-4,6-7H,5H2,1-2H3. The molecule has 1 unspecified atom stereocenters. The molecule has 0 N–H and O–H groups in total. The quantitative estimate of drug-likeness (QED) is 0.697. The van der Waals surface area contributed by atoms with E-state index < -0.39 is 11.7 Å². The normalized spacial score (nSPS) is 20.4. The maximum atomic E-state index is 12.6. The number of alkyl halides is 3. The maximum Gasteiger partial charge on any atom is 0.416 e. The highest BCUT2D eigenvalue weighted by Crippen LogP contribution is 2.36. The van der Waals surface area contributed by atoms with Gasteiger partial charge in [-0.05, 0) is 25.1 Å². The predicted molar refractivity (Wildman–Crippen MR) is 58.3 cm³/mol. The highest BCUT2D eigenvalue weighted by Gasteiger charge is 2.34. The molecule has 0 aliphatic carbocycles. The molecule has 0 aromatic heterocycles. The van der Waals surface area contributed by atoms with E-state index in [9.17, 15) is 18.0 Å². The summed E-state index contributed by atoms with van der Waals surface area (Å²) in [6, 6.07) is 3.20. The largest absolute Gasteiger partial charge is 0.416 e. The summed E-state index contributed by atoms with van der Waals surface area (Å²) in [4.78, 5) is 13.4. The lowest BCUT2D eigenvalue weighted by atomic mass is 9.94. The van der Waals surface area contributed by atoms with Crippen LogP contribution in [0.3, 0.4) is 0 Å². The fourth-order valence-corrected chi connectivity index (χ4v) is 1.99. The smallest absolute Gasteiger partial charge is 0.371 e. The van der Waals surface area contributed by atoms with Gasteiger partial charge in [0.1, 0.15) is 0 Å². The fraction of sp³-hybridized carbons (Fsp3) is 0.417. The van der Waals surface area contributed by atoms with Crippen molar-refractivity contribution in [2.24, 2.45) is 0 Å². The molecular formula is C12H12F3NO. The van der Waals surface area contributed by atoms with Crippen molar-refractivity contribution in [1.82, 2.24) is 0 Å². The number of ketones is 1. The minimum atomic E-state index is -4.38. The second-order valence-electron chi connectivity index (χ2n) is 4.32. The van der Waals surface area contributed by atoms with Crippen LogP contribution in [-0.2, 0) is 6.18 Å². The van der Waals surface area contributed by atoms with Crippen LogP contribution in [0, 0.1) is 0 Å². The summed E-state index contributed by atoms with van der Waals surface area (Å²) in [7, 11) is 1.70. The van der Waals surface area contributed by atoms with Gasteiger partial charge in [-0.2, -0.15) is 13.2 Å². The van der Waals surface area contributed by atoms with Crippen LogP contribution in [0.15, 0.2) is 18.2 Å². The van der Waals surface area contributed by atoms with Gasteiger partial charge in [0.15, 0.2) is 5.78 Å². The van der Waals surface area contributed by atoms with Crippen LogP contribution in [0.5, 0.6) is 0 Å². The van der Waals surface area contributed by atoms with Crippen LogP contribution in [-0.4, -0.2) is 18.9 Å². The van der Waals surface area contributed by atoms with Crippen molar-refractivity contribution < 1.29 is 18.0 Å². The molecule has 0 bridgehead atoms. The SMILES string of the molecule is CC1CC(=O)c2ccc(C(F)(F)F)cc2N1C. The van der Waals surface area contributed by atoms with E-state index >= 15 is 0 Å². The molecule has 0 spiro atoms. The van der Waals surface area contributed by atoms with Crippen LogP contribution < -0.4 is 4.90 Å². The van der Waals surface area contributed by atoms with Crippen LogP contribution >= 0.6 is 0 Å². The summed E-state index contributed by atoms with van der Waals surface area (Å²) < 4.78 is 37.7. The van der Waals surface area contributed by atoms with Gasteiger partial charge < -0.3 is 4.90 Å². The number of nitrogens with zero attached hydrogens (tertiary/aromatic N) is 1. The molecule has 0 radical (unpaired) electrons. The van der Waals surface area contributed by atoms with Crippen LogP contribution in [0.2, 0.25) is 0 Å². The number of anilines is 1. The summed E-state index contributed by atoms with van der Waals surface area (Å²) in [6.07, 6.45) is -4.03. The Balaban J connectivity index is 2.54. The molecule has 0 saturated carbocycles. The number of Topliss-reactive ketones (excluding diaryl/α,β-unsaturated/α-hetero) is 1. The van der Waals surface area contributed by atoms with Crippen LogP contribution in [0.25, 0.3) is 0 Å². The minimum Gasteiger partial charge on any atom is -0.371 e. The number of hydrogen-bond acceptors (Lipinski definition) is 2. The Morgan fingerprint density at radius 1 is 1.35 bits per heavy atom. The zero-order valence-electron chi connectivity index (χ0n) is 9.51. The van der Waals surface area contributed by atoms with Gasteiger partial charge in [-0.25, -0.2) is 0 Å². The van der Waals surface area contributed by atoms with Crippen molar-refractivity contribution in [3.8, 4) is 0 Å². The van der Waals surface area contributed by atoms with Crippen molar-refractivity contribution in [1.29, 1.82) is 0 Å². The Kier molecular flexibility index (Phi) is 2.64. The predicted octanol–water partition coefficient (Wildman–Crippen LogP) is 3.12. The van der Waals surface area contributed by atoms with E-state index in [0.29, 0.717) is 17.7 Å². The number of rotatable bonds is 0. The van der Waals surface area contributed by atoms with Crippen molar-refractivity contribution >= 4 is 11.5 Å². The third kappa shape index (κ3) is 2.01. The molecule has 2 rings (SSSR count). The third-order valence-corrected chi connectivity index (χ3v) is 3.15. The highest BCUT2D eigenvalue weighted by molar-refractivity contribution is 6.03. The molecule has 1 aliphatic rings. The first-order valence-corrected chi connectivity index (χ1v) is 5.28. The molecule has 1 aromatic carbocycles. The molecule has 17 heavy (non-hydrogen) atoms. The summed E-state index contributed by atoms with van der Waals surface area (Å²) >= 11 is 0. The molecule has 1 atom stereocenters. The van der Waals surface area contributed by atoms with E-state index in [1.54, 1.807) is 11.9 Å². The van der Waals surface area contributed by atoms with E-state index in [2.05, 4.69) is 0 Å². The monoisotopic (exact) mass is 243 g/mol. The van der Waals surface area contributed by atoms with Gasteiger partial charge in [-0.3, -0.25) is 4.79 Å². The number of carbonyl (C=O) groups excluding carboxylic acids is 1. The lowest BCUT2D eigenvalue weighted by Crippen LogP contribution is -2.36. The molecule has 1 aromatic rings. The third-order valence-electron chi connectivity index (χ3n) is 3.15. The lowest BCUT2D eigenvalue weighted by molar-refractivity contribution is -0.137. The summed E-state index contributed by atoms with van der Waals surface area (Å²) in [5.41, 5.74) is 0.0205. The summed E-state index contributed by atoms with van der Waals surface area (Å²) in [5.74, 6) is -0.0978. The van der Waals surface area contributed by atoms with Gasteiger partial charge in [0.25, 0.3) is 0 Å². The van der Waals surface area contributed by atoms with Crippen molar-refractivity contribution in [3.63, 3.8) is 0 Å². The molecule has 1 heterocycles. The van der Waals surface area contributed by atoms with E-state index in [0.717, 1.165) is 12.1 Å². The molecule has 2 nitrogen and oxygen atoms in total. The van der Waals surface area contributed by atoms with Crippen LogP contribution in [0.4, 0.5) is 18.9 Å². The first kappa shape index (κ1) is 12.0. The summed E-state index contributed by atoms with van der Waals surface area (Å²) in [6.45, 7) is 1.82. The zero-order chi connectivity index (χ0) is 12.8. The number of hydrogen-bond donors (Lipinski definition) is 0. The summed E-state index contributed by atoms with van der Waals surface area (Å²) in [5, 5.41) is 0. The molecule has 92 valence electrons. The van der Waals surface area contributed by atoms with E-state index in [1.165, 1.54) is 6.07 Å². The van der Waals surface area contributed by atoms with E-state index in [4.69, 9.17) is 0 Å². The maximum absolute atomic E-state index is 12.6. The Hall–Kier alpha value is -1.52. The van der Waals surface area contributed by atoms with Gasteiger partial charge in [-0.1, -0.05) is 0 Å². The number of halogens is 3. The van der Waals surface area contributed by atoms with E-state index in [1.807, 2.05) is 6.92 Å². The first-order chi connectivity index (χ1) is 7.80. The van der Waals surface area contributed by atoms with Crippen molar-refractivity contribution in [2.75, 3.05) is 11.9 Å². The van der Waals surface area contributed by atoms with Gasteiger partial charge in [0.05, 0.1) is 5.56 Å². The average molecular weight is 243 g/mol. The van der Waals surface area contributed by atoms with Gasteiger partial charge >= 0.3 is 6.18 Å². The Bertz CT molecular complexity index is 467. The molecule has 5 heteroatoms. The molecular weight excluding hydrogens is 231 g/mol.